The van der Waals surface area contributed by atoms with Crippen molar-refractivity contribution in [3.05, 3.63) is 64.1 Å². The molecule has 1 unspecified atom stereocenters. The minimum Gasteiger partial charge on any atom is -0.377 e. The third-order valence-electron chi connectivity index (χ3n) is 4.59. The topological polar surface area (TPSA) is 80.2 Å². The summed E-state index contributed by atoms with van der Waals surface area (Å²) in [6, 6.07) is 9.52. The van der Waals surface area contributed by atoms with Gasteiger partial charge in [0.1, 0.15) is 11.2 Å². The van der Waals surface area contributed by atoms with E-state index in [-0.39, 0.29) is 22.9 Å². The van der Waals surface area contributed by atoms with Crippen LogP contribution in [-0.4, -0.2) is 45.3 Å². The molecule has 7 nitrogen and oxygen atoms in total. The van der Waals surface area contributed by atoms with Gasteiger partial charge < -0.3 is 14.6 Å². The Labute approximate surface area is 143 Å². The predicted octanol–water partition coefficient (Wildman–Crippen LogP) is 1.48. The Morgan fingerprint density at radius 2 is 2.12 bits per heavy atom. The summed E-state index contributed by atoms with van der Waals surface area (Å²) < 4.78 is 7.14. The molecule has 1 aliphatic heterocycles. The molecule has 3 aromatic rings. The van der Waals surface area contributed by atoms with Crippen LogP contribution in [0.1, 0.15) is 22.0 Å². The smallest absolute Gasteiger partial charge is 0.260 e. The van der Waals surface area contributed by atoms with Gasteiger partial charge in [-0.1, -0.05) is 30.3 Å². The van der Waals surface area contributed by atoms with Crippen LogP contribution in [0, 0.1) is 0 Å². The van der Waals surface area contributed by atoms with Crippen molar-refractivity contribution in [1.29, 1.82) is 0 Å². The molecule has 1 N–H and O–H groups in total. The average Bonchev–Trinajstić information content (AvgIpc) is 3.04. The van der Waals surface area contributed by atoms with Gasteiger partial charge in [-0.05, 0) is 5.56 Å². The molecular formula is C18H18N4O3. The Morgan fingerprint density at radius 1 is 1.32 bits per heavy atom. The van der Waals surface area contributed by atoms with Gasteiger partial charge in [0, 0.05) is 19.8 Å². The molecule has 1 atom stereocenters. The molecular weight excluding hydrogens is 320 g/mol. The summed E-state index contributed by atoms with van der Waals surface area (Å²) in [5.41, 5.74) is 1.42. The van der Waals surface area contributed by atoms with Crippen LogP contribution < -0.4 is 5.43 Å². The first-order chi connectivity index (χ1) is 12.2. The van der Waals surface area contributed by atoms with Crippen molar-refractivity contribution in [2.75, 3.05) is 19.8 Å². The maximum Gasteiger partial charge on any atom is 0.260 e. The Kier molecular flexibility index (Phi) is 3.85. The largest absolute Gasteiger partial charge is 0.377 e. The summed E-state index contributed by atoms with van der Waals surface area (Å²) >= 11 is 0. The predicted molar refractivity (Wildman–Crippen MR) is 92.4 cm³/mol. The molecule has 0 saturated carbocycles. The summed E-state index contributed by atoms with van der Waals surface area (Å²) in [5, 5.41) is 4.49. The first-order valence-electron chi connectivity index (χ1n) is 8.14. The molecule has 0 spiro atoms. The number of aromatic amines is 1. The number of ether oxygens (including phenoxy) is 1. The highest BCUT2D eigenvalue weighted by Crippen LogP contribution is 2.25. The Morgan fingerprint density at radius 3 is 2.92 bits per heavy atom. The van der Waals surface area contributed by atoms with Gasteiger partial charge >= 0.3 is 0 Å². The van der Waals surface area contributed by atoms with Crippen LogP contribution in [0.3, 0.4) is 0 Å². The number of pyridine rings is 1. The number of carbonyl (C=O) groups excluding carboxylic acids is 1. The molecule has 0 bridgehead atoms. The molecule has 1 fully saturated rings. The normalized spacial score (nSPS) is 17.8. The minimum atomic E-state index is -0.301. The number of nitrogens with one attached hydrogen (secondary N) is 1. The lowest BCUT2D eigenvalue weighted by molar-refractivity contribution is -0.00277. The third-order valence-corrected chi connectivity index (χ3v) is 4.59. The number of aryl methyl sites for hydroxylation is 1. The van der Waals surface area contributed by atoms with Crippen LogP contribution >= 0.6 is 0 Å². The Hall–Kier alpha value is -2.93. The van der Waals surface area contributed by atoms with Crippen LogP contribution in [0.15, 0.2) is 47.5 Å². The third kappa shape index (κ3) is 2.62. The lowest BCUT2D eigenvalue weighted by atomic mass is 10.0. The minimum absolute atomic E-state index is 0.128. The van der Waals surface area contributed by atoms with Gasteiger partial charge in [-0.25, -0.2) is 0 Å². The molecule has 2 aromatic heterocycles. The average molecular weight is 338 g/mol. The highest BCUT2D eigenvalue weighted by atomic mass is 16.5. The number of amides is 1. The molecule has 1 saturated heterocycles. The van der Waals surface area contributed by atoms with E-state index in [9.17, 15) is 9.59 Å². The first-order valence-corrected chi connectivity index (χ1v) is 8.14. The zero-order valence-corrected chi connectivity index (χ0v) is 13.8. The summed E-state index contributed by atoms with van der Waals surface area (Å²) in [5.74, 6) is -0.288. The van der Waals surface area contributed by atoms with Gasteiger partial charge in [-0.3, -0.25) is 14.3 Å². The van der Waals surface area contributed by atoms with Crippen molar-refractivity contribution in [3.63, 3.8) is 0 Å². The first kappa shape index (κ1) is 15.6. The summed E-state index contributed by atoms with van der Waals surface area (Å²) in [4.78, 5) is 30.5. The van der Waals surface area contributed by atoms with Crippen LogP contribution in [0.4, 0.5) is 0 Å². The van der Waals surface area contributed by atoms with Crippen molar-refractivity contribution < 1.29 is 9.53 Å². The number of aromatic nitrogens is 3. The molecule has 4 rings (SSSR count). The maximum absolute atomic E-state index is 13.1. The zero-order chi connectivity index (χ0) is 17.4. The molecule has 3 heterocycles. The SMILES string of the molecule is Cn1ncc2c(=O)c(C(=O)N3CCOCC3c3ccccc3)c[nH]c21. The van der Waals surface area contributed by atoms with Crippen molar-refractivity contribution in [2.24, 2.45) is 7.05 Å². The highest BCUT2D eigenvalue weighted by Gasteiger charge is 2.31. The lowest BCUT2D eigenvalue weighted by Crippen LogP contribution is -2.44. The summed E-state index contributed by atoms with van der Waals surface area (Å²) in [6.07, 6.45) is 2.96. The van der Waals surface area contributed by atoms with Gasteiger partial charge in [-0.2, -0.15) is 5.10 Å². The van der Waals surface area contributed by atoms with Crippen LogP contribution in [-0.2, 0) is 11.8 Å². The Bertz CT molecular complexity index is 977. The van der Waals surface area contributed by atoms with Crippen molar-refractivity contribution in [2.45, 2.75) is 6.04 Å². The van der Waals surface area contributed by atoms with E-state index in [0.29, 0.717) is 30.8 Å². The molecule has 0 aliphatic carbocycles. The fourth-order valence-corrected chi connectivity index (χ4v) is 3.24. The Balaban J connectivity index is 1.74. The number of nitrogens with zero attached hydrogens (tertiary/aromatic N) is 3. The molecule has 1 aliphatic rings. The fourth-order valence-electron chi connectivity index (χ4n) is 3.24. The highest BCUT2D eigenvalue weighted by molar-refractivity contribution is 5.97. The van der Waals surface area contributed by atoms with Gasteiger partial charge in [-0.15, -0.1) is 0 Å². The van der Waals surface area contributed by atoms with Gasteiger partial charge in [0.15, 0.2) is 0 Å². The number of morpholine rings is 1. The number of carbonyl (C=O) groups is 1. The van der Waals surface area contributed by atoms with Crippen molar-refractivity contribution in [1.82, 2.24) is 19.7 Å². The number of hydrogen-bond donors (Lipinski definition) is 1. The second-order valence-electron chi connectivity index (χ2n) is 6.06. The second kappa shape index (κ2) is 6.18. The number of fused-ring (bicyclic) bond motifs is 1. The maximum atomic E-state index is 13.1. The van der Waals surface area contributed by atoms with Gasteiger partial charge in [0.2, 0.25) is 5.43 Å². The number of hydrogen-bond acceptors (Lipinski definition) is 4. The van der Waals surface area contributed by atoms with E-state index in [1.165, 1.54) is 12.4 Å². The second-order valence-corrected chi connectivity index (χ2v) is 6.06. The number of H-pyrrole nitrogens is 1. The van der Waals surface area contributed by atoms with Gasteiger partial charge in [0.25, 0.3) is 5.91 Å². The molecule has 25 heavy (non-hydrogen) atoms. The lowest BCUT2D eigenvalue weighted by Gasteiger charge is -2.35. The van der Waals surface area contributed by atoms with Crippen molar-refractivity contribution in [3.8, 4) is 0 Å². The standard InChI is InChI=1S/C18H18N4O3/c1-21-17-13(10-20-21)16(23)14(9-19-17)18(24)22-7-8-25-11-15(22)12-5-3-2-4-6-12/h2-6,9-10,15H,7-8,11H2,1H3,(H,19,23). The molecule has 128 valence electrons. The van der Waals surface area contributed by atoms with E-state index in [2.05, 4.69) is 10.1 Å². The van der Waals surface area contributed by atoms with E-state index >= 15 is 0 Å². The van der Waals surface area contributed by atoms with Crippen LogP contribution in [0.2, 0.25) is 0 Å². The van der Waals surface area contributed by atoms with E-state index in [1.54, 1.807) is 16.6 Å². The molecule has 7 heteroatoms. The zero-order valence-electron chi connectivity index (χ0n) is 13.8. The van der Waals surface area contributed by atoms with Crippen molar-refractivity contribution >= 4 is 16.9 Å². The van der Waals surface area contributed by atoms with E-state index in [1.807, 2.05) is 30.3 Å². The van der Waals surface area contributed by atoms with E-state index < -0.39 is 0 Å². The molecule has 0 radical (unpaired) electrons. The number of rotatable bonds is 2. The van der Waals surface area contributed by atoms with E-state index in [4.69, 9.17) is 4.74 Å². The summed E-state index contributed by atoms with van der Waals surface area (Å²) in [6.45, 7) is 1.33. The van der Waals surface area contributed by atoms with E-state index in [0.717, 1.165) is 5.56 Å². The van der Waals surface area contributed by atoms with Crippen LogP contribution in [0.5, 0.6) is 0 Å². The summed E-state index contributed by atoms with van der Waals surface area (Å²) in [7, 11) is 1.74. The molecule has 1 amide bonds. The van der Waals surface area contributed by atoms with Crippen LogP contribution in [0.25, 0.3) is 11.0 Å². The van der Waals surface area contributed by atoms with Gasteiger partial charge in [0.05, 0.1) is 30.8 Å². The monoisotopic (exact) mass is 338 g/mol. The molecule has 1 aromatic carbocycles. The number of benzene rings is 1. The quantitative estimate of drug-likeness (QED) is 0.767. The fraction of sp³-hybridized carbons (Fsp3) is 0.278.